The Morgan fingerprint density at radius 3 is 2.52 bits per heavy atom. The number of hydrogen-bond acceptors (Lipinski definition) is 3. The van der Waals surface area contributed by atoms with Crippen molar-refractivity contribution in [2.75, 3.05) is 5.32 Å². The van der Waals surface area contributed by atoms with Crippen LogP contribution in [-0.4, -0.2) is 11.8 Å². The van der Waals surface area contributed by atoms with Crippen LogP contribution < -0.4 is 10.6 Å². The first-order valence-electron chi connectivity index (χ1n) is 6.94. The number of furan rings is 1. The second-order valence-electron chi connectivity index (χ2n) is 5.12. The number of anilines is 1. The molecule has 2 aromatic rings. The van der Waals surface area contributed by atoms with Crippen LogP contribution in [0.1, 0.15) is 29.0 Å². The van der Waals surface area contributed by atoms with Crippen LogP contribution in [0.2, 0.25) is 0 Å². The molecule has 5 nitrogen and oxygen atoms in total. The first-order chi connectivity index (χ1) is 10.2. The summed E-state index contributed by atoms with van der Waals surface area (Å²) in [6.45, 7) is 0.413. The summed E-state index contributed by atoms with van der Waals surface area (Å²) < 4.78 is 5.02. The van der Waals surface area contributed by atoms with E-state index in [9.17, 15) is 9.59 Å². The largest absolute Gasteiger partial charge is 0.459 e. The van der Waals surface area contributed by atoms with Gasteiger partial charge in [0.05, 0.1) is 6.26 Å². The van der Waals surface area contributed by atoms with E-state index in [0.717, 1.165) is 24.1 Å². The SMILES string of the molecule is O=C(NCc1ccc(NC(=O)C2CC2)cc1)c1ccco1. The molecular weight excluding hydrogens is 268 g/mol. The van der Waals surface area contributed by atoms with Crippen molar-refractivity contribution in [1.29, 1.82) is 0 Å². The molecule has 1 aliphatic carbocycles. The van der Waals surface area contributed by atoms with Gasteiger partial charge in [0.1, 0.15) is 0 Å². The van der Waals surface area contributed by atoms with E-state index in [4.69, 9.17) is 4.42 Å². The van der Waals surface area contributed by atoms with E-state index < -0.39 is 0 Å². The first-order valence-corrected chi connectivity index (χ1v) is 6.94. The molecule has 1 heterocycles. The van der Waals surface area contributed by atoms with Gasteiger partial charge in [-0.25, -0.2) is 0 Å². The summed E-state index contributed by atoms with van der Waals surface area (Å²) in [7, 11) is 0. The van der Waals surface area contributed by atoms with E-state index in [1.165, 1.54) is 6.26 Å². The summed E-state index contributed by atoms with van der Waals surface area (Å²) in [5.41, 5.74) is 1.74. The van der Waals surface area contributed by atoms with Crippen LogP contribution in [-0.2, 0) is 11.3 Å². The number of hydrogen-bond donors (Lipinski definition) is 2. The zero-order valence-corrected chi connectivity index (χ0v) is 11.5. The maximum absolute atomic E-state index is 11.7. The van der Waals surface area contributed by atoms with Crippen LogP contribution >= 0.6 is 0 Å². The van der Waals surface area contributed by atoms with Gasteiger partial charge in [-0.05, 0) is 42.7 Å². The zero-order valence-electron chi connectivity index (χ0n) is 11.5. The van der Waals surface area contributed by atoms with Crippen molar-refractivity contribution in [3.8, 4) is 0 Å². The van der Waals surface area contributed by atoms with Crippen molar-refractivity contribution >= 4 is 17.5 Å². The van der Waals surface area contributed by atoms with Gasteiger partial charge in [0.2, 0.25) is 5.91 Å². The molecular formula is C16H16N2O3. The molecule has 21 heavy (non-hydrogen) atoms. The predicted octanol–water partition coefficient (Wildman–Crippen LogP) is 2.56. The van der Waals surface area contributed by atoms with Crippen LogP contribution in [0.25, 0.3) is 0 Å². The molecule has 2 amide bonds. The Kier molecular flexibility index (Phi) is 3.73. The first kappa shape index (κ1) is 13.4. The fourth-order valence-corrected chi connectivity index (χ4v) is 1.97. The van der Waals surface area contributed by atoms with Gasteiger partial charge in [-0.3, -0.25) is 9.59 Å². The van der Waals surface area contributed by atoms with Gasteiger partial charge in [0.25, 0.3) is 5.91 Å². The summed E-state index contributed by atoms with van der Waals surface area (Å²) >= 11 is 0. The monoisotopic (exact) mass is 284 g/mol. The van der Waals surface area contributed by atoms with Crippen LogP contribution in [0.3, 0.4) is 0 Å². The third-order valence-corrected chi connectivity index (χ3v) is 3.37. The van der Waals surface area contributed by atoms with Gasteiger partial charge in [-0.2, -0.15) is 0 Å². The molecule has 1 fully saturated rings. The molecule has 2 N–H and O–H groups in total. The normalized spacial score (nSPS) is 13.7. The van der Waals surface area contributed by atoms with Crippen molar-refractivity contribution in [2.45, 2.75) is 19.4 Å². The minimum absolute atomic E-state index is 0.0915. The third kappa shape index (κ3) is 3.51. The van der Waals surface area contributed by atoms with Gasteiger partial charge >= 0.3 is 0 Å². The Bertz CT molecular complexity index is 628. The molecule has 0 radical (unpaired) electrons. The minimum atomic E-state index is -0.244. The number of rotatable bonds is 5. The van der Waals surface area contributed by atoms with E-state index in [0.29, 0.717) is 12.3 Å². The fourth-order valence-electron chi connectivity index (χ4n) is 1.97. The Hall–Kier alpha value is -2.56. The third-order valence-electron chi connectivity index (χ3n) is 3.37. The van der Waals surface area contributed by atoms with E-state index >= 15 is 0 Å². The average molecular weight is 284 g/mol. The summed E-state index contributed by atoms with van der Waals surface area (Å²) in [6.07, 6.45) is 3.44. The van der Waals surface area contributed by atoms with E-state index in [-0.39, 0.29) is 17.7 Å². The summed E-state index contributed by atoms with van der Waals surface area (Å²) in [6, 6.07) is 10.7. The highest BCUT2D eigenvalue weighted by atomic mass is 16.3. The number of carbonyl (C=O) groups excluding carboxylic acids is 2. The highest BCUT2D eigenvalue weighted by molar-refractivity contribution is 5.94. The molecule has 1 aromatic carbocycles. The van der Waals surface area contributed by atoms with Gasteiger partial charge in [-0.1, -0.05) is 12.1 Å². The molecule has 108 valence electrons. The molecule has 1 aliphatic rings. The molecule has 0 unspecified atom stereocenters. The topological polar surface area (TPSA) is 71.3 Å². The van der Waals surface area contributed by atoms with Crippen molar-refractivity contribution in [3.63, 3.8) is 0 Å². The second kappa shape index (κ2) is 5.83. The lowest BCUT2D eigenvalue weighted by atomic mass is 10.2. The molecule has 0 aliphatic heterocycles. The lowest BCUT2D eigenvalue weighted by Crippen LogP contribution is -2.22. The standard InChI is InChI=1S/C16H16N2O3/c19-15(12-5-6-12)18-13-7-3-11(4-8-13)10-17-16(20)14-2-1-9-21-14/h1-4,7-9,12H,5-6,10H2,(H,17,20)(H,18,19). The van der Waals surface area contributed by atoms with E-state index in [1.54, 1.807) is 12.1 Å². The van der Waals surface area contributed by atoms with Crippen molar-refractivity contribution in [3.05, 3.63) is 54.0 Å². The predicted molar refractivity (Wildman–Crippen MR) is 77.7 cm³/mol. The second-order valence-corrected chi connectivity index (χ2v) is 5.12. The summed E-state index contributed by atoms with van der Waals surface area (Å²) in [4.78, 5) is 23.3. The quantitative estimate of drug-likeness (QED) is 0.886. The van der Waals surface area contributed by atoms with E-state index in [1.807, 2.05) is 24.3 Å². The number of carbonyl (C=O) groups is 2. The van der Waals surface area contributed by atoms with Gasteiger partial charge < -0.3 is 15.1 Å². The van der Waals surface area contributed by atoms with Crippen molar-refractivity contribution < 1.29 is 14.0 Å². The van der Waals surface area contributed by atoms with Gasteiger partial charge in [0.15, 0.2) is 5.76 Å². The molecule has 1 aromatic heterocycles. The minimum Gasteiger partial charge on any atom is -0.459 e. The molecule has 0 spiro atoms. The van der Waals surface area contributed by atoms with Crippen molar-refractivity contribution in [2.24, 2.45) is 5.92 Å². The maximum Gasteiger partial charge on any atom is 0.287 e. The lowest BCUT2D eigenvalue weighted by molar-refractivity contribution is -0.117. The average Bonchev–Trinajstić information content (AvgIpc) is 3.21. The van der Waals surface area contributed by atoms with E-state index in [2.05, 4.69) is 10.6 Å². The fraction of sp³-hybridized carbons (Fsp3) is 0.250. The molecule has 0 saturated heterocycles. The summed E-state index contributed by atoms with van der Waals surface area (Å²) in [5.74, 6) is 0.334. The molecule has 5 heteroatoms. The van der Waals surface area contributed by atoms with Gasteiger partial charge in [0, 0.05) is 18.2 Å². The maximum atomic E-state index is 11.7. The van der Waals surface area contributed by atoms with Gasteiger partial charge in [-0.15, -0.1) is 0 Å². The Balaban J connectivity index is 1.52. The Morgan fingerprint density at radius 2 is 1.90 bits per heavy atom. The molecule has 0 bridgehead atoms. The Morgan fingerprint density at radius 1 is 1.14 bits per heavy atom. The number of nitrogens with one attached hydrogen (secondary N) is 2. The lowest BCUT2D eigenvalue weighted by Gasteiger charge is -2.07. The van der Waals surface area contributed by atoms with Crippen LogP contribution in [0.4, 0.5) is 5.69 Å². The summed E-state index contributed by atoms with van der Waals surface area (Å²) in [5, 5.41) is 5.65. The number of benzene rings is 1. The molecule has 1 saturated carbocycles. The highest BCUT2D eigenvalue weighted by Crippen LogP contribution is 2.30. The smallest absolute Gasteiger partial charge is 0.287 e. The zero-order chi connectivity index (χ0) is 14.7. The highest BCUT2D eigenvalue weighted by Gasteiger charge is 2.29. The molecule has 0 atom stereocenters. The molecule has 3 rings (SSSR count). The Labute approximate surface area is 122 Å². The van der Waals surface area contributed by atoms with Crippen molar-refractivity contribution in [1.82, 2.24) is 5.32 Å². The number of amides is 2. The van der Waals surface area contributed by atoms with Crippen LogP contribution in [0, 0.1) is 5.92 Å². The van der Waals surface area contributed by atoms with Crippen LogP contribution in [0.5, 0.6) is 0 Å². The van der Waals surface area contributed by atoms with Crippen LogP contribution in [0.15, 0.2) is 47.1 Å².